The molecule has 2 unspecified atom stereocenters. The molecule has 8 heteroatoms. The van der Waals surface area contributed by atoms with Gasteiger partial charge in [0.25, 0.3) is 0 Å². The summed E-state index contributed by atoms with van der Waals surface area (Å²) in [7, 11) is 0. The molecule has 32 heavy (non-hydrogen) atoms. The summed E-state index contributed by atoms with van der Waals surface area (Å²) in [5.41, 5.74) is -0.928. The Morgan fingerprint density at radius 3 is 2.19 bits per heavy atom. The van der Waals surface area contributed by atoms with Gasteiger partial charge in [-0.05, 0) is 61.0 Å². The largest absolute Gasteiger partial charge is 0.508 e. The van der Waals surface area contributed by atoms with Gasteiger partial charge >= 0.3 is 6.09 Å². The van der Waals surface area contributed by atoms with E-state index < -0.39 is 41.1 Å². The van der Waals surface area contributed by atoms with E-state index in [4.69, 9.17) is 4.74 Å². The number of carbonyl (C=O) groups excluding carboxylic acids is 3. The Balaban J connectivity index is 3.33. The minimum atomic E-state index is -1.06. The molecule has 2 atom stereocenters. The summed E-state index contributed by atoms with van der Waals surface area (Å²) in [6.45, 7) is 14.6. The second-order valence-electron chi connectivity index (χ2n) is 9.95. The summed E-state index contributed by atoms with van der Waals surface area (Å²) in [5, 5.41) is 16.0. The van der Waals surface area contributed by atoms with Gasteiger partial charge in [-0.2, -0.15) is 0 Å². The molecule has 0 aliphatic carbocycles. The molecule has 1 aromatic carbocycles. The highest BCUT2D eigenvalue weighted by atomic mass is 16.6. The molecule has 0 saturated heterocycles. The fourth-order valence-electron chi connectivity index (χ4n) is 3.10. The molecular formula is C24H39N3O5. The lowest BCUT2D eigenvalue weighted by atomic mass is 9.99. The average molecular weight is 450 g/mol. The minimum Gasteiger partial charge on any atom is -0.508 e. The molecule has 180 valence electrons. The predicted molar refractivity (Wildman–Crippen MR) is 124 cm³/mol. The van der Waals surface area contributed by atoms with Gasteiger partial charge in [0.1, 0.15) is 23.4 Å². The molecule has 0 aromatic heterocycles. The standard InChI is InChI=1S/C24H39N3O5/c1-9-10-15-27(21(30)16(2)25-22(31)32-24(6,7)8)19(20(29)26-23(3,4)5)17-13-11-12-14-18(17)28/h11-14,16,19,28H,9-10,15H2,1-8H3,(H,25,31)(H,26,29). The number of nitrogens with one attached hydrogen (secondary N) is 2. The molecule has 0 aliphatic heterocycles. The molecule has 0 heterocycles. The number of amides is 3. The number of nitrogens with zero attached hydrogens (tertiary/aromatic N) is 1. The summed E-state index contributed by atoms with van der Waals surface area (Å²) in [6.07, 6.45) is 0.733. The van der Waals surface area contributed by atoms with E-state index in [2.05, 4.69) is 10.6 Å². The van der Waals surface area contributed by atoms with Crippen molar-refractivity contribution in [2.75, 3.05) is 6.54 Å². The lowest BCUT2D eigenvalue weighted by Crippen LogP contribution is -2.54. The van der Waals surface area contributed by atoms with Gasteiger partial charge in [0.2, 0.25) is 11.8 Å². The number of rotatable bonds is 8. The van der Waals surface area contributed by atoms with Gasteiger partial charge in [-0.25, -0.2) is 4.79 Å². The molecule has 0 bridgehead atoms. The number of para-hydroxylation sites is 1. The molecule has 1 rings (SSSR count). The molecule has 0 spiro atoms. The average Bonchev–Trinajstić information content (AvgIpc) is 2.62. The molecule has 1 aromatic rings. The van der Waals surface area contributed by atoms with Crippen molar-refractivity contribution in [2.45, 2.75) is 91.5 Å². The van der Waals surface area contributed by atoms with Crippen molar-refractivity contribution in [3.63, 3.8) is 0 Å². The van der Waals surface area contributed by atoms with Crippen LogP contribution in [0.3, 0.4) is 0 Å². The number of benzene rings is 1. The molecule has 0 fully saturated rings. The number of ether oxygens (including phenoxy) is 1. The number of phenols is 1. The summed E-state index contributed by atoms with van der Waals surface area (Å²) < 4.78 is 5.26. The highest BCUT2D eigenvalue weighted by Crippen LogP contribution is 2.30. The normalized spacial score (nSPS) is 13.6. The maximum Gasteiger partial charge on any atom is 0.408 e. The number of hydrogen-bond acceptors (Lipinski definition) is 5. The number of phenolic OH excluding ortho intramolecular Hbond substituents is 1. The second-order valence-corrected chi connectivity index (χ2v) is 9.95. The van der Waals surface area contributed by atoms with Crippen LogP contribution in [-0.2, 0) is 14.3 Å². The molecule has 3 amide bonds. The predicted octanol–water partition coefficient (Wildman–Crippen LogP) is 3.89. The van der Waals surface area contributed by atoms with E-state index in [0.717, 1.165) is 6.42 Å². The first-order chi connectivity index (χ1) is 14.7. The lowest BCUT2D eigenvalue weighted by Gasteiger charge is -2.35. The van der Waals surface area contributed by atoms with E-state index in [1.165, 1.54) is 11.0 Å². The van der Waals surface area contributed by atoms with Crippen LogP contribution in [0.15, 0.2) is 24.3 Å². The van der Waals surface area contributed by atoms with Gasteiger partial charge in [-0.1, -0.05) is 31.5 Å². The van der Waals surface area contributed by atoms with Gasteiger partial charge in [0.05, 0.1) is 0 Å². The Hall–Kier alpha value is -2.77. The third-order valence-corrected chi connectivity index (χ3v) is 4.43. The van der Waals surface area contributed by atoms with Crippen LogP contribution in [0.5, 0.6) is 5.75 Å². The highest BCUT2D eigenvalue weighted by molar-refractivity contribution is 5.92. The first-order valence-corrected chi connectivity index (χ1v) is 11.1. The van der Waals surface area contributed by atoms with Gasteiger partial charge in [0, 0.05) is 17.6 Å². The first-order valence-electron chi connectivity index (χ1n) is 11.1. The molecule has 3 N–H and O–H groups in total. The van der Waals surface area contributed by atoms with Crippen molar-refractivity contribution in [1.29, 1.82) is 0 Å². The fourth-order valence-corrected chi connectivity index (χ4v) is 3.10. The minimum absolute atomic E-state index is 0.0800. The number of unbranched alkanes of at least 4 members (excludes halogenated alkanes) is 1. The number of carbonyl (C=O) groups is 3. The van der Waals surface area contributed by atoms with Crippen LogP contribution in [0.2, 0.25) is 0 Å². The van der Waals surface area contributed by atoms with Crippen molar-refractivity contribution in [3.8, 4) is 5.75 Å². The lowest BCUT2D eigenvalue weighted by molar-refractivity contribution is -0.142. The van der Waals surface area contributed by atoms with Crippen LogP contribution in [0.4, 0.5) is 4.79 Å². The molecule has 8 nitrogen and oxygen atoms in total. The Kier molecular flexibility index (Phi) is 9.54. The third kappa shape index (κ3) is 8.77. The van der Waals surface area contributed by atoms with Crippen LogP contribution in [0.25, 0.3) is 0 Å². The van der Waals surface area contributed by atoms with Crippen LogP contribution in [-0.4, -0.2) is 51.6 Å². The van der Waals surface area contributed by atoms with Gasteiger partial charge < -0.3 is 25.4 Å². The summed E-state index contributed by atoms with van der Waals surface area (Å²) in [6, 6.07) is 4.48. The quantitative estimate of drug-likeness (QED) is 0.558. The third-order valence-electron chi connectivity index (χ3n) is 4.43. The summed E-state index contributed by atoms with van der Waals surface area (Å²) >= 11 is 0. The zero-order valence-electron chi connectivity index (χ0n) is 20.6. The topological polar surface area (TPSA) is 108 Å². The van der Waals surface area contributed by atoms with E-state index in [9.17, 15) is 19.5 Å². The smallest absolute Gasteiger partial charge is 0.408 e. The van der Waals surface area contributed by atoms with E-state index in [0.29, 0.717) is 12.0 Å². The van der Waals surface area contributed by atoms with Gasteiger partial charge in [-0.3, -0.25) is 9.59 Å². The summed E-state index contributed by atoms with van der Waals surface area (Å²) in [5.74, 6) is -0.932. The van der Waals surface area contributed by atoms with E-state index in [1.807, 2.05) is 27.7 Å². The molecule has 0 aliphatic rings. The Bertz CT molecular complexity index is 796. The zero-order chi connectivity index (χ0) is 24.7. The van der Waals surface area contributed by atoms with Crippen LogP contribution >= 0.6 is 0 Å². The molecule has 0 saturated carbocycles. The zero-order valence-corrected chi connectivity index (χ0v) is 20.6. The fraction of sp³-hybridized carbons (Fsp3) is 0.625. The number of aromatic hydroxyl groups is 1. The Morgan fingerprint density at radius 2 is 1.69 bits per heavy atom. The van der Waals surface area contributed by atoms with Gasteiger partial charge in [-0.15, -0.1) is 0 Å². The highest BCUT2D eigenvalue weighted by Gasteiger charge is 2.36. The van der Waals surface area contributed by atoms with E-state index in [1.54, 1.807) is 45.9 Å². The van der Waals surface area contributed by atoms with Crippen molar-refractivity contribution in [3.05, 3.63) is 29.8 Å². The van der Waals surface area contributed by atoms with Gasteiger partial charge in [0.15, 0.2) is 0 Å². The van der Waals surface area contributed by atoms with Crippen molar-refractivity contribution in [1.82, 2.24) is 15.5 Å². The van der Waals surface area contributed by atoms with Crippen molar-refractivity contribution in [2.24, 2.45) is 0 Å². The first kappa shape index (κ1) is 27.3. The number of hydrogen-bond donors (Lipinski definition) is 3. The Labute approximate surface area is 191 Å². The van der Waals surface area contributed by atoms with Crippen molar-refractivity contribution >= 4 is 17.9 Å². The van der Waals surface area contributed by atoms with Crippen LogP contribution < -0.4 is 10.6 Å². The van der Waals surface area contributed by atoms with Crippen molar-refractivity contribution < 1.29 is 24.2 Å². The molecule has 0 radical (unpaired) electrons. The van der Waals surface area contributed by atoms with Crippen LogP contribution in [0, 0.1) is 0 Å². The Morgan fingerprint density at radius 1 is 1.09 bits per heavy atom. The SMILES string of the molecule is CCCCN(C(=O)C(C)NC(=O)OC(C)(C)C)C(C(=O)NC(C)(C)C)c1ccccc1O. The monoisotopic (exact) mass is 449 g/mol. The summed E-state index contributed by atoms with van der Waals surface area (Å²) in [4.78, 5) is 40.4. The van der Waals surface area contributed by atoms with E-state index >= 15 is 0 Å². The molecular weight excluding hydrogens is 410 g/mol. The number of alkyl carbamates (subject to hydrolysis) is 1. The van der Waals surface area contributed by atoms with E-state index in [-0.39, 0.29) is 12.3 Å². The maximum absolute atomic E-state index is 13.4. The second kappa shape index (κ2) is 11.2. The maximum atomic E-state index is 13.4. The van der Waals surface area contributed by atoms with Crippen LogP contribution in [0.1, 0.15) is 79.8 Å².